The van der Waals surface area contributed by atoms with Gasteiger partial charge in [-0.15, -0.1) is 11.8 Å². The van der Waals surface area contributed by atoms with Gasteiger partial charge in [0.05, 0.1) is 0 Å². The molecule has 1 aliphatic rings. The van der Waals surface area contributed by atoms with Crippen LogP contribution in [0.5, 0.6) is 0 Å². The van der Waals surface area contributed by atoms with E-state index in [1.807, 2.05) is 23.9 Å². The van der Waals surface area contributed by atoms with Gasteiger partial charge in [0.25, 0.3) is 0 Å². The van der Waals surface area contributed by atoms with Gasteiger partial charge >= 0.3 is 0 Å². The summed E-state index contributed by atoms with van der Waals surface area (Å²) >= 11 is 1.85. The van der Waals surface area contributed by atoms with E-state index in [0.29, 0.717) is 4.75 Å². The smallest absolute Gasteiger partial charge is 0.123 e. The molecule has 1 aliphatic carbocycles. The predicted molar refractivity (Wildman–Crippen MR) is 49.9 cm³/mol. The van der Waals surface area contributed by atoms with Gasteiger partial charge in [0.1, 0.15) is 5.82 Å². The Morgan fingerprint density at radius 3 is 2.33 bits per heavy atom. The minimum absolute atomic E-state index is 0.152. The van der Waals surface area contributed by atoms with Crippen LogP contribution in [-0.4, -0.2) is 4.75 Å². The standard InChI is InChI=1S/C10H11FS/c1-10(6-7-10)12-9-4-2-8(11)3-5-9/h2-5H,6-7H2,1H3. The molecule has 0 spiro atoms. The average Bonchev–Trinajstić information content (AvgIpc) is 2.74. The van der Waals surface area contributed by atoms with Crippen molar-refractivity contribution in [2.75, 3.05) is 0 Å². The van der Waals surface area contributed by atoms with Crippen molar-refractivity contribution in [2.45, 2.75) is 29.4 Å². The van der Waals surface area contributed by atoms with E-state index >= 15 is 0 Å². The summed E-state index contributed by atoms with van der Waals surface area (Å²) in [5, 5.41) is 0. The van der Waals surface area contributed by atoms with Crippen LogP contribution in [-0.2, 0) is 0 Å². The van der Waals surface area contributed by atoms with Gasteiger partial charge in [0.2, 0.25) is 0 Å². The molecule has 64 valence electrons. The summed E-state index contributed by atoms with van der Waals surface area (Å²) in [7, 11) is 0. The largest absolute Gasteiger partial charge is 0.207 e. The zero-order chi connectivity index (χ0) is 8.60. The first kappa shape index (κ1) is 8.11. The molecule has 1 aromatic rings. The fourth-order valence-corrected chi connectivity index (χ4v) is 2.21. The molecular formula is C10H11FS. The summed E-state index contributed by atoms with van der Waals surface area (Å²) in [6.07, 6.45) is 2.57. The van der Waals surface area contributed by atoms with Crippen molar-refractivity contribution in [3.63, 3.8) is 0 Å². The molecule has 0 radical (unpaired) electrons. The highest BCUT2D eigenvalue weighted by molar-refractivity contribution is 8.01. The lowest BCUT2D eigenvalue weighted by Crippen LogP contribution is -1.92. The van der Waals surface area contributed by atoms with Crippen molar-refractivity contribution in [1.29, 1.82) is 0 Å². The van der Waals surface area contributed by atoms with Gasteiger partial charge in [-0.3, -0.25) is 0 Å². The molecule has 1 aromatic carbocycles. The van der Waals surface area contributed by atoms with Gasteiger partial charge < -0.3 is 0 Å². The molecule has 0 aliphatic heterocycles. The Hall–Kier alpha value is -0.500. The third kappa shape index (κ3) is 1.81. The fourth-order valence-electron chi connectivity index (χ4n) is 1.07. The number of hydrogen-bond acceptors (Lipinski definition) is 1. The first-order chi connectivity index (χ1) is 5.68. The van der Waals surface area contributed by atoms with Crippen LogP contribution < -0.4 is 0 Å². The van der Waals surface area contributed by atoms with E-state index in [4.69, 9.17) is 0 Å². The van der Waals surface area contributed by atoms with E-state index < -0.39 is 0 Å². The lowest BCUT2D eigenvalue weighted by atomic mass is 10.3. The zero-order valence-corrected chi connectivity index (χ0v) is 7.83. The Morgan fingerprint density at radius 2 is 1.83 bits per heavy atom. The highest BCUT2D eigenvalue weighted by atomic mass is 32.2. The van der Waals surface area contributed by atoms with E-state index in [1.165, 1.54) is 29.9 Å². The van der Waals surface area contributed by atoms with Crippen molar-refractivity contribution in [3.05, 3.63) is 30.1 Å². The summed E-state index contributed by atoms with van der Waals surface area (Å²) in [6.45, 7) is 2.25. The number of hydrogen-bond donors (Lipinski definition) is 0. The van der Waals surface area contributed by atoms with E-state index in [9.17, 15) is 4.39 Å². The highest BCUT2D eigenvalue weighted by Crippen LogP contribution is 2.51. The second-order valence-corrected chi connectivity index (χ2v) is 5.17. The Labute approximate surface area is 76.2 Å². The number of benzene rings is 1. The van der Waals surface area contributed by atoms with Crippen LogP contribution in [0.3, 0.4) is 0 Å². The molecule has 1 saturated carbocycles. The monoisotopic (exact) mass is 182 g/mol. The van der Waals surface area contributed by atoms with E-state index in [2.05, 4.69) is 6.92 Å². The molecule has 0 bridgehead atoms. The molecule has 0 N–H and O–H groups in total. The number of rotatable bonds is 2. The van der Waals surface area contributed by atoms with Crippen LogP contribution in [0.4, 0.5) is 4.39 Å². The topological polar surface area (TPSA) is 0 Å². The quantitative estimate of drug-likeness (QED) is 0.675. The molecule has 2 heteroatoms. The number of halogens is 1. The van der Waals surface area contributed by atoms with Crippen molar-refractivity contribution in [1.82, 2.24) is 0 Å². The summed E-state index contributed by atoms with van der Waals surface area (Å²) in [6, 6.07) is 6.75. The molecule has 1 fully saturated rings. The van der Waals surface area contributed by atoms with Gasteiger partial charge in [-0.1, -0.05) is 6.92 Å². The minimum atomic E-state index is -0.152. The molecule has 0 amide bonds. The van der Waals surface area contributed by atoms with Crippen LogP contribution in [0.15, 0.2) is 29.2 Å². The van der Waals surface area contributed by atoms with E-state index in [1.54, 1.807) is 0 Å². The molecule has 0 nitrogen and oxygen atoms in total. The van der Waals surface area contributed by atoms with Gasteiger partial charge in [0.15, 0.2) is 0 Å². The normalized spacial score (nSPS) is 19.2. The van der Waals surface area contributed by atoms with Gasteiger partial charge in [-0.25, -0.2) is 4.39 Å². The van der Waals surface area contributed by atoms with Crippen molar-refractivity contribution >= 4 is 11.8 Å². The molecule has 0 unspecified atom stereocenters. The second kappa shape index (κ2) is 2.77. The van der Waals surface area contributed by atoms with Gasteiger partial charge in [0, 0.05) is 9.64 Å². The van der Waals surface area contributed by atoms with Crippen LogP contribution >= 0.6 is 11.8 Å². The first-order valence-electron chi connectivity index (χ1n) is 4.13. The summed E-state index contributed by atoms with van der Waals surface area (Å²) in [4.78, 5) is 1.18. The Morgan fingerprint density at radius 1 is 1.25 bits per heavy atom. The molecular weight excluding hydrogens is 171 g/mol. The van der Waals surface area contributed by atoms with Crippen LogP contribution in [0.2, 0.25) is 0 Å². The van der Waals surface area contributed by atoms with E-state index in [-0.39, 0.29) is 5.82 Å². The van der Waals surface area contributed by atoms with Crippen molar-refractivity contribution < 1.29 is 4.39 Å². The number of thioether (sulfide) groups is 1. The average molecular weight is 182 g/mol. The molecule has 0 saturated heterocycles. The summed E-state index contributed by atoms with van der Waals surface area (Å²) in [5.41, 5.74) is 0. The van der Waals surface area contributed by atoms with Crippen molar-refractivity contribution in [3.8, 4) is 0 Å². The lowest BCUT2D eigenvalue weighted by Gasteiger charge is -2.06. The second-order valence-electron chi connectivity index (χ2n) is 3.51. The fraction of sp³-hybridized carbons (Fsp3) is 0.400. The maximum atomic E-state index is 12.5. The zero-order valence-electron chi connectivity index (χ0n) is 7.01. The molecule has 0 atom stereocenters. The lowest BCUT2D eigenvalue weighted by molar-refractivity contribution is 0.626. The van der Waals surface area contributed by atoms with Gasteiger partial charge in [-0.05, 0) is 37.1 Å². The maximum Gasteiger partial charge on any atom is 0.123 e. The third-order valence-corrected chi connectivity index (χ3v) is 3.54. The minimum Gasteiger partial charge on any atom is -0.207 e. The molecule has 2 rings (SSSR count). The molecule has 0 aromatic heterocycles. The van der Waals surface area contributed by atoms with Crippen LogP contribution in [0, 0.1) is 5.82 Å². The molecule has 12 heavy (non-hydrogen) atoms. The SMILES string of the molecule is CC1(Sc2ccc(F)cc2)CC1. The first-order valence-corrected chi connectivity index (χ1v) is 4.94. The van der Waals surface area contributed by atoms with Crippen molar-refractivity contribution in [2.24, 2.45) is 0 Å². The maximum absolute atomic E-state index is 12.5. The van der Waals surface area contributed by atoms with Gasteiger partial charge in [-0.2, -0.15) is 0 Å². The molecule has 0 heterocycles. The Kier molecular flexibility index (Phi) is 1.87. The van der Waals surface area contributed by atoms with E-state index in [0.717, 1.165) is 0 Å². The Balaban J connectivity index is 2.08. The van der Waals surface area contributed by atoms with Crippen LogP contribution in [0.1, 0.15) is 19.8 Å². The summed E-state index contributed by atoms with van der Waals surface area (Å²) < 4.78 is 13.0. The van der Waals surface area contributed by atoms with Crippen LogP contribution in [0.25, 0.3) is 0 Å². The summed E-state index contributed by atoms with van der Waals surface area (Å²) in [5.74, 6) is -0.152. The predicted octanol–water partition coefficient (Wildman–Crippen LogP) is 3.47. The Bertz CT molecular complexity index is 274. The third-order valence-electron chi connectivity index (χ3n) is 2.13. The highest BCUT2D eigenvalue weighted by Gasteiger charge is 2.38.